The van der Waals surface area contributed by atoms with Crippen LogP contribution in [0.4, 0.5) is 5.69 Å². The molecule has 2 aromatic rings. The Morgan fingerprint density at radius 2 is 2.19 bits per heavy atom. The maximum absolute atomic E-state index is 12.1. The molecule has 0 saturated carbocycles. The number of thiazole rings is 1. The fourth-order valence-electron chi connectivity index (χ4n) is 2.93. The summed E-state index contributed by atoms with van der Waals surface area (Å²) in [6.07, 6.45) is 5.84. The van der Waals surface area contributed by atoms with E-state index in [0.717, 1.165) is 31.6 Å². The number of unbranched alkanes of at least 4 members (excludes halogenated alkanes) is 3. The molecule has 1 aliphatic rings. The maximum Gasteiger partial charge on any atom is 0.307 e. The first-order valence-corrected chi connectivity index (χ1v) is 8.73. The van der Waals surface area contributed by atoms with Crippen LogP contribution in [0.25, 0.3) is 11.3 Å². The first kappa shape index (κ1) is 14.4. The summed E-state index contributed by atoms with van der Waals surface area (Å²) in [6, 6.07) is 6.50. The van der Waals surface area contributed by atoms with Crippen molar-refractivity contribution in [3.63, 3.8) is 0 Å². The highest BCUT2D eigenvalue weighted by molar-refractivity contribution is 7.07. The summed E-state index contributed by atoms with van der Waals surface area (Å²) in [7, 11) is 0. The third-order valence-electron chi connectivity index (χ3n) is 4.13. The monoisotopic (exact) mass is 302 g/mol. The van der Waals surface area contributed by atoms with E-state index >= 15 is 0 Å². The summed E-state index contributed by atoms with van der Waals surface area (Å²) in [4.78, 5) is 12.2. The SMILES string of the molecule is CCCCCCn1c(-c2ccc3c(c2)CCN3)csc1=O. The van der Waals surface area contributed by atoms with Crippen LogP contribution in [-0.2, 0) is 13.0 Å². The Bertz CT molecular complexity index is 672. The average Bonchev–Trinajstić information content (AvgIpc) is 3.09. The lowest BCUT2D eigenvalue weighted by atomic mass is 10.1. The van der Waals surface area contributed by atoms with Crippen LogP contribution in [0.1, 0.15) is 38.2 Å². The van der Waals surface area contributed by atoms with Gasteiger partial charge in [0.2, 0.25) is 0 Å². The van der Waals surface area contributed by atoms with Crippen molar-refractivity contribution in [1.29, 1.82) is 0 Å². The minimum absolute atomic E-state index is 0.167. The van der Waals surface area contributed by atoms with Crippen molar-refractivity contribution in [2.45, 2.75) is 45.6 Å². The lowest BCUT2D eigenvalue weighted by Crippen LogP contribution is -2.14. The minimum Gasteiger partial charge on any atom is -0.384 e. The van der Waals surface area contributed by atoms with Crippen molar-refractivity contribution >= 4 is 17.0 Å². The normalized spacial score (nSPS) is 13.2. The van der Waals surface area contributed by atoms with Crippen LogP contribution in [0, 0.1) is 0 Å². The lowest BCUT2D eigenvalue weighted by molar-refractivity contribution is 0.581. The molecule has 0 fully saturated rings. The van der Waals surface area contributed by atoms with Gasteiger partial charge in [-0.05, 0) is 36.1 Å². The molecule has 0 amide bonds. The topological polar surface area (TPSA) is 34.0 Å². The standard InChI is InChI=1S/C17H22N2OS/c1-2-3-4-5-10-19-16(12-21-17(19)20)14-6-7-15-13(11-14)8-9-18-15/h6-7,11-12,18H,2-5,8-10H2,1H3. The number of rotatable bonds is 6. The molecule has 0 saturated heterocycles. The molecular formula is C17H22N2OS. The molecule has 1 aromatic carbocycles. The molecule has 2 heterocycles. The van der Waals surface area contributed by atoms with Gasteiger partial charge in [0.1, 0.15) is 0 Å². The third kappa shape index (κ3) is 3.05. The van der Waals surface area contributed by atoms with Gasteiger partial charge in [-0.2, -0.15) is 0 Å². The van der Waals surface area contributed by atoms with Crippen LogP contribution in [0.5, 0.6) is 0 Å². The molecule has 1 N–H and O–H groups in total. The van der Waals surface area contributed by atoms with Crippen molar-refractivity contribution in [3.8, 4) is 11.3 Å². The van der Waals surface area contributed by atoms with Gasteiger partial charge in [0.15, 0.2) is 0 Å². The van der Waals surface area contributed by atoms with Crippen LogP contribution >= 0.6 is 11.3 Å². The van der Waals surface area contributed by atoms with Crippen molar-refractivity contribution < 1.29 is 0 Å². The van der Waals surface area contributed by atoms with Gasteiger partial charge in [-0.1, -0.05) is 43.6 Å². The van der Waals surface area contributed by atoms with Crippen molar-refractivity contribution in [2.24, 2.45) is 0 Å². The Labute approximate surface area is 129 Å². The molecule has 21 heavy (non-hydrogen) atoms. The minimum atomic E-state index is 0.167. The number of anilines is 1. The zero-order chi connectivity index (χ0) is 14.7. The van der Waals surface area contributed by atoms with Gasteiger partial charge in [0.25, 0.3) is 0 Å². The van der Waals surface area contributed by atoms with E-state index in [1.807, 2.05) is 9.95 Å². The number of benzene rings is 1. The molecule has 1 aliphatic heterocycles. The summed E-state index contributed by atoms with van der Waals surface area (Å²) in [5, 5.41) is 5.39. The second-order valence-electron chi connectivity index (χ2n) is 5.65. The van der Waals surface area contributed by atoms with E-state index in [0.29, 0.717) is 0 Å². The van der Waals surface area contributed by atoms with Gasteiger partial charge >= 0.3 is 4.87 Å². The third-order valence-corrected chi connectivity index (χ3v) is 4.89. The van der Waals surface area contributed by atoms with Gasteiger partial charge < -0.3 is 5.32 Å². The van der Waals surface area contributed by atoms with E-state index in [-0.39, 0.29) is 4.87 Å². The zero-order valence-corrected chi connectivity index (χ0v) is 13.3. The molecule has 0 unspecified atom stereocenters. The fourth-order valence-corrected chi connectivity index (χ4v) is 3.72. The number of nitrogens with one attached hydrogen (secondary N) is 1. The van der Waals surface area contributed by atoms with Gasteiger partial charge in [0, 0.05) is 24.2 Å². The Kier molecular flexibility index (Phi) is 4.44. The second-order valence-corrected chi connectivity index (χ2v) is 6.47. The lowest BCUT2D eigenvalue weighted by Gasteiger charge is -2.09. The van der Waals surface area contributed by atoms with E-state index in [4.69, 9.17) is 0 Å². The fraction of sp³-hybridized carbons (Fsp3) is 0.471. The summed E-state index contributed by atoms with van der Waals surface area (Å²) < 4.78 is 1.95. The number of hydrogen-bond acceptors (Lipinski definition) is 3. The molecule has 3 nitrogen and oxygen atoms in total. The number of fused-ring (bicyclic) bond motifs is 1. The zero-order valence-electron chi connectivity index (χ0n) is 12.5. The van der Waals surface area contributed by atoms with Crippen LogP contribution < -0.4 is 10.2 Å². The summed E-state index contributed by atoms with van der Waals surface area (Å²) in [5.74, 6) is 0. The summed E-state index contributed by atoms with van der Waals surface area (Å²) >= 11 is 1.31. The van der Waals surface area contributed by atoms with Gasteiger partial charge in [-0.25, -0.2) is 0 Å². The van der Waals surface area contributed by atoms with Gasteiger partial charge in [-0.3, -0.25) is 9.36 Å². The van der Waals surface area contributed by atoms with Crippen LogP contribution in [0.3, 0.4) is 0 Å². The Morgan fingerprint density at radius 1 is 1.29 bits per heavy atom. The molecule has 0 atom stereocenters. The highest BCUT2D eigenvalue weighted by Gasteiger charge is 2.14. The largest absolute Gasteiger partial charge is 0.384 e. The molecule has 1 aromatic heterocycles. The van der Waals surface area contributed by atoms with Crippen LogP contribution in [0.2, 0.25) is 0 Å². The highest BCUT2D eigenvalue weighted by Crippen LogP contribution is 2.29. The molecule has 4 heteroatoms. The van der Waals surface area contributed by atoms with E-state index in [1.54, 1.807) is 0 Å². The van der Waals surface area contributed by atoms with Crippen molar-refractivity contribution in [1.82, 2.24) is 4.57 Å². The molecule has 112 valence electrons. The summed E-state index contributed by atoms with van der Waals surface area (Å²) in [6.45, 7) is 4.07. The van der Waals surface area contributed by atoms with E-state index in [1.165, 1.54) is 47.4 Å². The Morgan fingerprint density at radius 3 is 3.05 bits per heavy atom. The predicted molar refractivity (Wildman–Crippen MR) is 90.4 cm³/mol. The predicted octanol–water partition coefficient (Wildman–Crippen LogP) is 4.13. The van der Waals surface area contributed by atoms with Gasteiger partial charge in [0.05, 0.1) is 5.69 Å². The first-order chi connectivity index (χ1) is 10.3. The van der Waals surface area contributed by atoms with Gasteiger partial charge in [-0.15, -0.1) is 0 Å². The second kappa shape index (κ2) is 6.48. The molecule has 0 radical (unpaired) electrons. The number of aromatic nitrogens is 1. The molecule has 0 aliphatic carbocycles. The average molecular weight is 302 g/mol. The quantitative estimate of drug-likeness (QED) is 0.814. The number of nitrogens with zero attached hydrogens (tertiary/aromatic N) is 1. The van der Waals surface area contributed by atoms with Crippen LogP contribution in [-0.4, -0.2) is 11.1 Å². The highest BCUT2D eigenvalue weighted by atomic mass is 32.1. The molecule has 3 rings (SSSR count). The first-order valence-electron chi connectivity index (χ1n) is 7.85. The number of hydrogen-bond donors (Lipinski definition) is 1. The maximum atomic E-state index is 12.1. The molecular weight excluding hydrogens is 280 g/mol. The van der Waals surface area contributed by atoms with Crippen molar-refractivity contribution in [3.05, 3.63) is 38.8 Å². The summed E-state index contributed by atoms with van der Waals surface area (Å²) in [5.41, 5.74) is 4.86. The van der Waals surface area contributed by atoms with E-state index in [9.17, 15) is 4.79 Å². The molecule has 0 spiro atoms. The van der Waals surface area contributed by atoms with E-state index < -0.39 is 0 Å². The Hall–Kier alpha value is -1.55. The molecule has 0 bridgehead atoms. The smallest absolute Gasteiger partial charge is 0.307 e. The van der Waals surface area contributed by atoms with E-state index in [2.05, 4.69) is 30.4 Å². The van der Waals surface area contributed by atoms with Crippen LogP contribution in [0.15, 0.2) is 28.4 Å². The van der Waals surface area contributed by atoms with Crippen molar-refractivity contribution in [2.75, 3.05) is 11.9 Å². The Balaban J connectivity index is 1.83.